The van der Waals surface area contributed by atoms with E-state index in [-0.39, 0.29) is 30.2 Å². The fourth-order valence-corrected chi connectivity index (χ4v) is 3.20. The van der Waals surface area contributed by atoms with Crippen molar-refractivity contribution in [1.29, 1.82) is 0 Å². The number of anilines is 1. The second-order valence-corrected chi connectivity index (χ2v) is 6.38. The van der Waals surface area contributed by atoms with Gasteiger partial charge in [-0.3, -0.25) is 10.1 Å². The molecule has 6 nitrogen and oxygen atoms in total. The van der Waals surface area contributed by atoms with Crippen LogP contribution < -0.4 is 11.1 Å². The number of halogens is 2. The minimum Gasteiger partial charge on any atom is -0.364 e. The fourth-order valence-electron chi connectivity index (χ4n) is 2.44. The number of hydrogen-bond donors (Lipinski definition) is 2. The van der Waals surface area contributed by atoms with Crippen molar-refractivity contribution in [3.05, 3.63) is 40.7 Å². The lowest BCUT2D eigenvalue weighted by Crippen LogP contribution is -2.29. The summed E-state index contributed by atoms with van der Waals surface area (Å²) in [6.07, 6.45) is 1.21. The van der Waals surface area contributed by atoms with E-state index in [1.54, 1.807) is 18.2 Å². The molecule has 3 rings (SSSR count). The molecule has 9 heteroatoms. The van der Waals surface area contributed by atoms with E-state index in [2.05, 4.69) is 15.5 Å². The monoisotopic (exact) mass is 372 g/mol. The Kier molecular flexibility index (Phi) is 6.61. The molecular weight excluding hydrogens is 355 g/mol. The molecule has 2 aromatic rings. The molecule has 0 unspecified atom stereocenters. The number of aromatic nitrogens is 2. The maximum Gasteiger partial charge on any atom is 0.255 e. The molecule has 24 heavy (non-hydrogen) atoms. The molecule has 0 radical (unpaired) electrons. The fraction of sp³-hybridized carbons (Fsp3) is 0.400. The lowest BCUT2D eigenvalue weighted by atomic mass is 10.1. The molecule has 1 saturated heterocycles. The van der Waals surface area contributed by atoms with E-state index in [0.717, 1.165) is 6.42 Å². The van der Waals surface area contributed by atoms with E-state index in [4.69, 9.17) is 10.5 Å². The largest absolute Gasteiger partial charge is 0.364 e. The number of benzene rings is 1. The molecule has 1 amide bonds. The highest BCUT2D eigenvalue weighted by atomic mass is 35.5. The van der Waals surface area contributed by atoms with Gasteiger partial charge in [0.1, 0.15) is 16.9 Å². The topological polar surface area (TPSA) is 90.1 Å². The molecule has 3 N–H and O–H groups in total. The van der Waals surface area contributed by atoms with Crippen LogP contribution in [0.1, 0.15) is 23.4 Å². The average Bonchev–Trinajstić information content (AvgIpc) is 3.19. The smallest absolute Gasteiger partial charge is 0.255 e. The highest BCUT2D eigenvalue weighted by molar-refractivity contribution is 7.15. The van der Waals surface area contributed by atoms with Crippen LogP contribution in [-0.2, 0) is 16.0 Å². The molecule has 1 fully saturated rings. The van der Waals surface area contributed by atoms with Crippen molar-refractivity contribution in [2.75, 3.05) is 11.9 Å². The van der Waals surface area contributed by atoms with Gasteiger partial charge in [0, 0.05) is 13.0 Å². The van der Waals surface area contributed by atoms with Gasteiger partial charge in [-0.25, -0.2) is 4.39 Å². The zero-order chi connectivity index (χ0) is 16.2. The first-order chi connectivity index (χ1) is 11.2. The zero-order valence-electron chi connectivity index (χ0n) is 12.8. The predicted octanol–water partition coefficient (Wildman–Crippen LogP) is 2.13. The summed E-state index contributed by atoms with van der Waals surface area (Å²) >= 11 is 1.23. The van der Waals surface area contributed by atoms with E-state index in [0.29, 0.717) is 35.1 Å². The number of rotatable bonds is 5. The number of nitrogens with two attached hydrogens (primary N) is 1. The first-order valence-electron chi connectivity index (χ1n) is 7.38. The van der Waals surface area contributed by atoms with E-state index >= 15 is 0 Å². The first kappa shape index (κ1) is 18.7. The Balaban J connectivity index is 0.00000208. The van der Waals surface area contributed by atoms with Gasteiger partial charge in [-0.2, -0.15) is 0 Å². The Morgan fingerprint density at radius 2 is 2.17 bits per heavy atom. The van der Waals surface area contributed by atoms with Crippen molar-refractivity contribution < 1.29 is 13.9 Å². The van der Waals surface area contributed by atoms with Gasteiger partial charge in [-0.1, -0.05) is 29.5 Å². The molecular formula is C15H18ClFN4O2S. The summed E-state index contributed by atoms with van der Waals surface area (Å²) in [5.74, 6) is -0.519. The summed E-state index contributed by atoms with van der Waals surface area (Å²) in [4.78, 5) is 12.1. The van der Waals surface area contributed by atoms with Crippen LogP contribution in [0.2, 0.25) is 0 Å². The van der Waals surface area contributed by atoms with Crippen LogP contribution in [0.5, 0.6) is 0 Å². The van der Waals surface area contributed by atoms with Crippen molar-refractivity contribution in [2.24, 2.45) is 5.73 Å². The highest BCUT2D eigenvalue weighted by Crippen LogP contribution is 2.23. The van der Waals surface area contributed by atoms with Gasteiger partial charge in [-0.15, -0.1) is 22.6 Å². The summed E-state index contributed by atoms with van der Waals surface area (Å²) < 4.78 is 19.2. The molecule has 2 heterocycles. The van der Waals surface area contributed by atoms with Gasteiger partial charge in [0.05, 0.1) is 6.10 Å². The Morgan fingerprint density at radius 3 is 2.88 bits per heavy atom. The molecule has 1 aromatic heterocycles. The van der Waals surface area contributed by atoms with Gasteiger partial charge in [0.25, 0.3) is 5.91 Å². The van der Waals surface area contributed by atoms with E-state index in [9.17, 15) is 9.18 Å². The van der Waals surface area contributed by atoms with E-state index in [1.165, 1.54) is 17.4 Å². The summed E-state index contributed by atoms with van der Waals surface area (Å²) in [6.45, 7) is 0.412. The quantitative estimate of drug-likeness (QED) is 0.839. The summed E-state index contributed by atoms with van der Waals surface area (Å²) in [5, 5.41) is 11.6. The van der Waals surface area contributed by atoms with Crippen LogP contribution >= 0.6 is 23.7 Å². The third-order valence-corrected chi connectivity index (χ3v) is 4.50. The first-order valence-corrected chi connectivity index (χ1v) is 8.19. The lowest BCUT2D eigenvalue weighted by Gasteiger charge is -2.10. The van der Waals surface area contributed by atoms with Crippen molar-refractivity contribution in [1.82, 2.24) is 10.2 Å². The molecule has 2 atom stereocenters. The Hall–Kier alpha value is -1.61. The number of nitrogens with one attached hydrogen (secondary N) is 1. The number of carbonyl (C=O) groups excluding carboxylic acids is 1. The lowest BCUT2D eigenvalue weighted by molar-refractivity contribution is -0.126. The highest BCUT2D eigenvalue weighted by Gasteiger charge is 2.30. The van der Waals surface area contributed by atoms with Gasteiger partial charge < -0.3 is 10.5 Å². The number of ether oxygens (including phenoxy) is 1. The molecule has 0 saturated carbocycles. The Morgan fingerprint density at radius 1 is 1.38 bits per heavy atom. The molecule has 130 valence electrons. The van der Waals surface area contributed by atoms with Crippen LogP contribution in [0.25, 0.3) is 0 Å². The van der Waals surface area contributed by atoms with Crippen LogP contribution in [0.4, 0.5) is 9.52 Å². The normalized spacial score (nSPS) is 19.8. The zero-order valence-corrected chi connectivity index (χ0v) is 14.4. The molecule has 0 spiro atoms. The van der Waals surface area contributed by atoms with E-state index in [1.807, 2.05) is 0 Å². The maximum atomic E-state index is 13.6. The second-order valence-electron chi connectivity index (χ2n) is 5.32. The van der Waals surface area contributed by atoms with Gasteiger partial charge >= 0.3 is 0 Å². The third-order valence-electron chi connectivity index (χ3n) is 3.66. The van der Waals surface area contributed by atoms with Gasteiger partial charge in [-0.05, 0) is 24.5 Å². The number of carbonyl (C=O) groups is 1. The number of hydrogen-bond acceptors (Lipinski definition) is 6. The number of nitrogens with zero attached hydrogens (tertiary/aromatic N) is 2. The van der Waals surface area contributed by atoms with E-state index < -0.39 is 6.10 Å². The summed E-state index contributed by atoms with van der Waals surface area (Å²) in [7, 11) is 0. The summed E-state index contributed by atoms with van der Waals surface area (Å²) in [5.41, 5.74) is 6.08. The minimum absolute atomic E-state index is 0. The van der Waals surface area contributed by atoms with Gasteiger partial charge in [0.2, 0.25) is 5.13 Å². The molecule has 0 aliphatic carbocycles. The van der Waals surface area contributed by atoms with Crippen LogP contribution in [0.3, 0.4) is 0 Å². The van der Waals surface area contributed by atoms with Crippen molar-refractivity contribution in [3.63, 3.8) is 0 Å². The Bertz CT molecular complexity index is 700. The third kappa shape index (κ3) is 4.47. The molecule has 1 aromatic carbocycles. The minimum atomic E-state index is -0.498. The predicted molar refractivity (Wildman–Crippen MR) is 91.9 cm³/mol. The van der Waals surface area contributed by atoms with Crippen molar-refractivity contribution >= 4 is 34.8 Å². The standard InChI is InChI=1S/C15H17FN4O2S.ClH/c16-11-4-2-1-3-9(11)7-13-19-20-15(23-13)18-14(21)12-6-5-10(8-17)22-12;/h1-4,10,12H,5-8,17H2,(H,18,20,21);1H/t10-,12+;/m1./s1. The van der Waals surface area contributed by atoms with Crippen LogP contribution in [-0.4, -0.2) is 34.9 Å². The van der Waals surface area contributed by atoms with Gasteiger partial charge in [0.15, 0.2) is 0 Å². The molecule has 0 bridgehead atoms. The van der Waals surface area contributed by atoms with Crippen LogP contribution in [0, 0.1) is 5.82 Å². The maximum absolute atomic E-state index is 13.6. The van der Waals surface area contributed by atoms with Crippen molar-refractivity contribution in [2.45, 2.75) is 31.5 Å². The summed E-state index contributed by atoms with van der Waals surface area (Å²) in [6, 6.07) is 6.52. The Labute approximate surface area is 149 Å². The van der Waals surface area contributed by atoms with Crippen molar-refractivity contribution in [3.8, 4) is 0 Å². The molecule has 1 aliphatic rings. The SMILES string of the molecule is Cl.NC[C@H]1CC[C@@H](C(=O)Nc2nnc(Cc3ccccc3F)s2)O1. The second kappa shape index (κ2) is 8.48. The molecule has 1 aliphatic heterocycles. The average molecular weight is 373 g/mol. The van der Waals surface area contributed by atoms with Crippen LogP contribution in [0.15, 0.2) is 24.3 Å². The number of amides is 1.